The Kier molecular flexibility index (Phi) is 5.53. The van der Waals surface area contributed by atoms with Crippen molar-refractivity contribution in [2.75, 3.05) is 0 Å². The van der Waals surface area contributed by atoms with Crippen LogP contribution in [0.2, 0.25) is 0 Å². The van der Waals surface area contributed by atoms with Gasteiger partial charge in [0.2, 0.25) is 0 Å². The lowest BCUT2D eigenvalue weighted by atomic mass is 10.1. The summed E-state index contributed by atoms with van der Waals surface area (Å²) >= 11 is 0. The highest BCUT2D eigenvalue weighted by Crippen LogP contribution is 2.26. The summed E-state index contributed by atoms with van der Waals surface area (Å²) in [6.45, 7) is 9.57. The van der Waals surface area contributed by atoms with Crippen LogP contribution in [-0.2, 0) is 21.0 Å². The van der Waals surface area contributed by atoms with E-state index in [0.29, 0.717) is 5.52 Å². The Labute approximate surface area is 169 Å². The molecule has 2 aromatic carbocycles. The molecule has 3 rings (SSSR count). The summed E-state index contributed by atoms with van der Waals surface area (Å²) in [5.41, 5.74) is 2.49. The van der Waals surface area contributed by atoms with Crippen molar-refractivity contribution in [3.63, 3.8) is 0 Å². The van der Waals surface area contributed by atoms with Crippen molar-refractivity contribution in [2.24, 2.45) is 0 Å². The summed E-state index contributed by atoms with van der Waals surface area (Å²) in [5.74, 6) is 0. The number of nitrogens with zero attached hydrogens (tertiary/aromatic N) is 1. The number of aryl methyl sites for hydroxylation is 1. The number of nitrogens with one attached hydrogen (secondary N) is 1. The fraction of sp³-hybridized carbons (Fsp3) is 0.333. The molecule has 2 atom stereocenters. The molecule has 5 nitrogen and oxygen atoms in total. The van der Waals surface area contributed by atoms with Crippen molar-refractivity contribution in [1.29, 1.82) is 0 Å². The van der Waals surface area contributed by atoms with Gasteiger partial charge in [0.1, 0.15) is 0 Å². The van der Waals surface area contributed by atoms with Gasteiger partial charge in [0.05, 0.1) is 26.1 Å². The van der Waals surface area contributed by atoms with Crippen LogP contribution in [0, 0.1) is 6.92 Å². The zero-order chi connectivity index (χ0) is 20.7. The Morgan fingerprint density at radius 2 is 1.68 bits per heavy atom. The smallest absolute Gasteiger partial charge is 0.242 e. The van der Waals surface area contributed by atoms with Crippen LogP contribution < -0.4 is 4.72 Å². The van der Waals surface area contributed by atoms with E-state index < -0.39 is 21.0 Å². The molecular weight excluding hydrogens is 392 g/mol. The van der Waals surface area contributed by atoms with E-state index in [1.165, 1.54) is 3.97 Å². The van der Waals surface area contributed by atoms with E-state index in [1.54, 1.807) is 36.5 Å². The van der Waals surface area contributed by atoms with Crippen molar-refractivity contribution >= 4 is 31.9 Å². The molecule has 0 fully saturated rings. The van der Waals surface area contributed by atoms with Gasteiger partial charge in [0.15, 0.2) is 0 Å². The largest absolute Gasteiger partial charge is 0.268 e. The summed E-state index contributed by atoms with van der Waals surface area (Å²) in [6.07, 6.45) is 1.58. The average Bonchev–Trinajstić information content (AvgIpc) is 3.05. The fourth-order valence-electron chi connectivity index (χ4n) is 2.83. The Balaban J connectivity index is 2.01. The minimum Gasteiger partial charge on any atom is -0.242 e. The number of rotatable bonds is 5. The predicted octanol–water partition coefficient (Wildman–Crippen LogP) is 4.30. The highest BCUT2D eigenvalue weighted by atomic mass is 32.2. The van der Waals surface area contributed by atoms with Gasteiger partial charge < -0.3 is 0 Å². The molecule has 0 aliphatic rings. The van der Waals surface area contributed by atoms with E-state index in [0.717, 1.165) is 16.5 Å². The molecule has 1 aromatic heterocycles. The lowest BCUT2D eigenvalue weighted by molar-refractivity contribution is 0.589. The predicted molar refractivity (Wildman–Crippen MR) is 115 cm³/mol. The summed E-state index contributed by atoms with van der Waals surface area (Å²) in [5, 5.41) is 0.837. The average molecular weight is 419 g/mol. The number of fused-ring (bicyclic) bond motifs is 1. The number of hydrogen-bond acceptors (Lipinski definition) is 3. The normalized spacial score (nSPS) is 14.9. The highest BCUT2D eigenvalue weighted by Gasteiger charge is 2.23. The van der Waals surface area contributed by atoms with Crippen LogP contribution in [0.15, 0.2) is 59.6 Å². The SMILES string of the molecule is Cc1ccc(S(=O)(=O)n2ccc3ccc([C@H](C)N[S@@](=O)C(C)(C)C)cc32)cc1. The molecule has 3 aromatic rings. The van der Waals surface area contributed by atoms with Gasteiger partial charge in [-0.2, -0.15) is 0 Å². The second kappa shape index (κ2) is 7.46. The molecule has 0 spiro atoms. The van der Waals surface area contributed by atoms with Crippen molar-refractivity contribution in [2.45, 2.75) is 50.3 Å². The minimum absolute atomic E-state index is 0.185. The molecule has 7 heteroatoms. The Morgan fingerprint density at radius 3 is 2.29 bits per heavy atom. The van der Waals surface area contributed by atoms with Crippen molar-refractivity contribution in [3.05, 3.63) is 65.9 Å². The summed E-state index contributed by atoms with van der Waals surface area (Å²) in [7, 11) is -4.91. The topological polar surface area (TPSA) is 68.2 Å². The van der Waals surface area contributed by atoms with Crippen LogP contribution in [0.3, 0.4) is 0 Å². The van der Waals surface area contributed by atoms with Gasteiger partial charge in [0, 0.05) is 17.6 Å². The first-order chi connectivity index (χ1) is 13.0. The van der Waals surface area contributed by atoms with Crippen LogP contribution in [0.4, 0.5) is 0 Å². The molecule has 0 saturated heterocycles. The molecule has 0 unspecified atom stereocenters. The minimum atomic E-state index is -3.69. The Morgan fingerprint density at radius 1 is 1.04 bits per heavy atom. The highest BCUT2D eigenvalue weighted by molar-refractivity contribution is 7.90. The molecule has 0 amide bonds. The third-order valence-electron chi connectivity index (χ3n) is 4.60. The lowest BCUT2D eigenvalue weighted by Crippen LogP contribution is -2.34. The zero-order valence-corrected chi connectivity index (χ0v) is 18.4. The van der Waals surface area contributed by atoms with E-state index in [1.807, 2.05) is 52.8 Å². The molecule has 1 heterocycles. The van der Waals surface area contributed by atoms with E-state index in [9.17, 15) is 12.6 Å². The monoisotopic (exact) mass is 418 g/mol. The fourth-order valence-corrected chi connectivity index (χ4v) is 4.98. The van der Waals surface area contributed by atoms with E-state index >= 15 is 0 Å². The molecule has 150 valence electrons. The maximum Gasteiger partial charge on any atom is 0.268 e. The van der Waals surface area contributed by atoms with Crippen LogP contribution in [0.1, 0.15) is 44.9 Å². The Hall–Kier alpha value is -1.96. The standard InChI is InChI=1S/C21H26N2O3S2/c1-15-6-10-19(11-7-15)28(25,26)23-13-12-17-8-9-18(14-20(17)23)16(2)22-27(24)21(3,4)5/h6-14,16,22H,1-5H3/t16-,27-/m0/s1. The molecule has 0 radical (unpaired) electrons. The Bertz CT molecular complexity index is 1120. The van der Waals surface area contributed by atoms with Gasteiger partial charge in [-0.3, -0.25) is 0 Å². The third kappa shape index (κ3) is 4.06. The zero-order valence-electron chi connectivity index (χ0n) is 16.8. The van der Waals surface area contributed by atoms with Gasteiger partial charge in [0.25, 0.3) is 10.0 Å². The van der Waals surface area contributed by atoms with Crippen LogP contribution in [0.5, 0.6) is 0 Å². The van der Waals surface area contributed by atoms with Gasteiger partial charge in [-0.25, -0.2) is 21.3 Å². The van der Waals surface area contributed by atoms with Crippen LogP contribution in [-0.4, -0.2) is 21.3 Å². The van der Waals surface area contributed by atoms with Crippen molar-refractivity contribution < 1.29 is 12.6 Å². The summed E-state index contributed by atoms with van der Waals surface area (Å²) < 4.78 is 42.6. The first-order valence-corrected chi connectivity index (χ1v) is 11.7. The number of hydrogen-bond donors (Lipinski definition) is 1. The molecule has 0 bridgehead atoms. The van der Waals surface area contributed by atoms with E-state index in [-0.39, 0.29) is 15.7 Å². The van der Waals surface area contributed by atoms with Crippen LogP contribution >= 0.6 is 0 Å². The first-order valence-electron chi connectivity index (χ1n) is 9.11. The van der Waals surface area contributed by atoms with Gasteiger partial charge in [-0.05, 0) is 64.4 Å². The molecule has 0 aliphatic carbocycles. The second-order valence-electron chi connectivity index (χ2n) is 7.97. The number of benzene rings is 2. The van der Waals surface area contributed by atoms with Crippen LogP contribution in [0.25, 0.3) is 10.9 Å². The lowest BCUT2D eigenvalue weighted by Gasteiger charge is -2.22. The van der Waals surface area contributed by atoms with Crippen molar-refractivity contribution in [1.82, 2.24) is 8.69 Å². The second-order valence-corrected chi connectivity index (χ2v) is 11.8. The van der Waals surface area contributed by atoms with Crippen molar-refractivity contribution in [3.8, 4) is 0 Å². The molecule has 0 saturated carbocycles. The summed E-state index contributed by atoms with van der Waals surface area (Å²) in [4.78, 5) is 0.251. The van der Waals surface area contributed by atoms with Gasteiger partial charge in [-0.15, -0.1) is 0 Å². The van der Waals surface area contributed by atoms with Gasteiger partial charge >= 0.3 is 0 Å². The maximum absolute atomic E-state index is 13.1. The van der Waals surface area contributed by atoms with E-state index in [4.69, 9.17) is 0 Å². The molecule has 28 heavy (non-hydrogen) atoms. The molecular formula is C21H26N2O3S2. The molecule has 1 N–H and O–H groups in total. The number of aromatic nitrogens is 1. The van der Waals surface area contributed by atoms with Gasteiger partial charge in [-0.1, -0.05) is 29.8 Å². The third-order valence-corrected chi connectivity index (χ3v) is 7.98. The first kappa shape index (κ1) is 20.8. The summed E-state index contributed by atoms with van der Waals surface area (Å²) in [6, 6.07) is 14.1. The molecule has 0 aliphatic heterocycles. The van der Waals surface area contributed by atoms with E-state index in [2.05, 4.69) is 4.72 Å². The maximum atomic E-state index is 13.1. The quantitative estimate of drug-likeness (QED) is 0.672.